The molecule has 0 aliphatic carbocycles. The molecular formula is C85H96Cl2N18O16. The Kier molecular flexibility index (Phi) is 25.5. The maximum Gasteiger partial charge on any atom is 0.256 e. The molecule has 7 N–H and O–H groups in total. The fourth-order valence-corrected chi connectivity index (χ4v) is 16.9. The average Bonchev–Trinajstić information content (AvgIpc) is 1.69. The number of nitrogens with zero attached hydrogens (tertiary/aromatic N) is 12. The van der Waals surface area contributed by atoms with Gasteiger partial charge >= 0.3 is 0 Å². The van der Waals surface area contributed by atoms with Crippen LogP contribution in [0.5, 0.6) is 23.0 Å². The fourth-order valence-electron chi connectivity index (χ4n) is 16.6. The Balaban J connectivity index is 0.000000119. The predicted molar refractivity (Wildman–Crippen MR) is 453 cm³/mol. The fraction of sp³-hybridized carbons (Fsp3) is 0.388. The van der Waals surface area contributed by atoms with Gasteiger partial charge in [-0.2, -0.15) is 0 Å². The van der Waals surface area contributed by atoms with Crippen molar-refractivity contribution in [2.45, 2.75) is 36.3 Å². The van der Waals surface area contributed by atoms with Gasteiger partial charge in [-0.25, -0.2) is 0 Å². The number of methoxy groups -OCH3 is 3. The van der Waals surface area contributed by atoms with Gasteiger partial charge in [0.05, 0.1) is 88.8 Å². The number of carbonyl (C=O) groups excluding carboxylic acids is 12. The summed E-state index contributed by atoms with van der Waals surface area (Å²) in [5, 5.41) is 29.5. The molecule has 636 valence electrons. The molecule has 7 aromatic carbocycles. The highest BCUT2D eigenvalue weighted by atomic mass is 35.5. The van der Waals surface area contributed by atoms with Crippen molar-refractivity contribution in [3.05, 3.63) is 165 Å². The Bertz CT molecular complexity index is 5230. The van der Waals surface area contributed by atoms with E-state index in [4.69, 9.17) is 37.4 Å². The number of rotatable bonds is 3. The van der Waals surface area contributed by atoms with Crippen molar-refractivity contribution in [2.75, 3.05) is 213 Å². The van der Waals surface area contributed by atoms with E-state index in [1.807, 2.05) is 88.5 Å². The second-order valence-corrected chi connectivity index (χ2v) is 32.5. The Morgan fingerprint density at radius 3 is 0.967 bits per heavy atom. The van der Waals surface area contributed by atoms with Crippen LogP contribution in [0.15, 0.2) is 121 Å². The van der Waals surface area contributed by atoms with Crippen molar-refractivity contribution in [3.8, 4) is 23.0 Å². The molecule has 12 aliphatic heterocycles. The lowest BCUT2D eigenvalue weighted by atomic mass is 10.0. The van der Waals surface area contributed by atoms with Crippen molar-refractivity contribution in [1.29, 1.82) is 0 Å². The van der Waals surface area contributed by atoms with Crippen molar-refractivity contribution in [1.82, 2.24) is 58.8 Å². The summed E-state index contributed by atoms with van der Waals surface area (Å²) in [5.41, 5.74) is 5.95. The number of aromatic hydroxyl groups is 1. The monoisotopic (exact) mass is 1690 g/mol. The predicted octanol–water partition coefficient (Wildman–Crippen LogP) is 4.56. The molecule has 19 rings (SSSR count). The van der Waals surface area contributed by atoms with Crippen LogP contribution in [0.25, 0.3) is 10.8 Å². The largest absolute Gasteiger partial charge is 0.508 e. The van der Waals surface area contributed by atoms with Crippen molar-refractivity contribution in [2.24, 2.45) is 0 Å². The number of halogens is 2. The minimum Gasteiger partial charge on any atom is -0.508 e. The Hall–Kier alpha value is -12.0. The molecule has 12 aliphatic rings. The highest BCUT2D eigenvalue weighted by Gasteiger charge is 2.45. The number of phenolic OH excluding ortho intramolecular Hbond substituents is 1. The van der Waals surface area contributed by atoms with E-state index in [2.05, 4.69) is 51.5 Å². The lowest BCUT2D eigenvalue weighted by Gasteiger charge is -2.37. The van der Waals surface area contributed by atoms with E-state index in [1.54, 1.807) is 109 Å². The first-order valence-corrected chi connectivity index (χ1v) is 40.4. The van der Waals surface area contributed by atoms with Crippen molar-refractivity contribution < 1.29 is 76.9 Å². The van der Waals surface area contributed by atoms with Crippen LogP contribution in [0.2, 0.25) is 10.0 Å². The zero-order chi connectivity index (χ0) is 86.1. The first kappa shape index (κ1) is 85.4. The zero-order valence-corrected chi connectivity index (χ0v) is 69.9. The number of anilines is 6. The number of piperazine rings is 6. The summed E-state index contributed by atoms with van der Waals surface area (Å²) in [7, 11) is 16.3. The molecular weight excluding hydrogens is 1600 g/mol. The summed E-state index contributed by atoms with van der Waals surface area (Å²) in [5.74, 6) is -0.0742. The zero-order valence-electron chi connectivity index (χ0n) is 68.4. The first-order chi connectivity index (χ1) is 57.9. The summed E-state index contributed by atoms with van der Waals surface area (Å²) in [6, 6.07) is 31.7. The van der Waals surface area contributed by atoms with Crippen molar-refractivity contribution in [3.63, 3.8) is 0 Å². The topological polar surface area (TPSA) is 364 Å². The van der Waals surface area contributed by atoms with E-state index in [9.17, 15) is 62.6 Å². The summed E-state index contributed by atoms with van der Waals surface area (Å²) >= 11 is 11.9. The van der Waals surface area contributed by atoms with E-state index in [0.717, 1.165) is 50.0 Å². The van der Waals surface area contributed by atoms with Crippen LogP contribution in [-0.2, 0) is 28.8 Å². The molecule has 12 heterocycles. The van der Waals surface area contributed by atoms with Crippen LogP contribution >= 0.6 is 23.2 Å². The molecule has 7 aromatic rings. The van der Waals surface area contributed by atoms with E-state index in [-0.39, 0.29) is 76.6 Å². The molecule has 36 heteroatoms. The Morgan fingerprint density at radius 1 is 0.289 bits per heavy atom. The lowest BCUT2D eigenvalue weighted by molar-refractivity contribution is -0.122. The first-order valence-electron chi connectivity index (χ1n) is 39.7. The molecule has 6 saturated heterocycles. The van der Waals surface area contributed by atoms with Gasteiger partial charge in [0.25, 0.3) is 35.4 Å². The summed E-state index contributed by atoms with van der Waals surface area (Å²) in [6.07, 6.45) is 0. The highest BCUT2D eigenvalue weighted by molar-refractivity contribution is 6.32. The van der Waals surface area contributed by atoms with Crippen LogP contribution in [-0.4, -0.2) is 352 Å². The minimum absolute atomic E-state index is 0.0222. The molecule has 0 spiro atoms. The molecule has 0 saturated carbocycles. The third-order valence-electron chi connectivity index (χ3n) is 23.4. The number of likely N-dealkylation sites (N-methyl/N-ethyl adjacent to an activating group) is 6. The van der Waals surface area contributed by atoms with Crippen LogP contribution in [0.4, 0.5) is 34.1 Å². The van der Waals surface area contributed by atoms with Gasteiger partial charge in [0.2, 0.25) is 35.4 Å². The van der Waals surface area contributed by atoms with Crippen molar-refractivity contribution >= 4 is 139 Å². The summed E-state index contributed by atoms with van der Waals surface area (Å²) in [6.45, 7) is 11.2. The van der Waals surface area contributed by atoms with Gasteiger partial charge in [0.1, 0.15) is 47.8 Å². The molecule has 12 amide bonds. The molecule has 0 aromatic heterocycles. The van der Waals surface area contributed by atoms with E-state index in [1.165, 1.54) is 26.4 Å². The number of hydrogen-bond donors (Lipinski definition) is 7. The number of phenols is 1. The molecule has 0 radical (unpaired) electrons. The van der Waals surface area contributed by atoms with Gasteiger partial charge in [-0.05, 0) is 144 Å². The molecule has 6 fully saturated rings. The van der Waals surface area contributed by atoms with E-state index in [0.29, 0.717) is 173 Å². The number of amides is 12. The number of benzene rings is 7. The van der Waals surface area contributed by atoms with Gasteiger partial charge in [-0.3, -0.25) is 57.5 Å². The third kappa shape index (κ3) is 18.1. The van der Waals surface area contributed by atoms with Gasteiger partial charge in [-0.15, -0.1) is 0 Å². The number of nitrogens with one attached hydrogen (secondary N) is 6. The Labute approximate surface area is 708 Å². The number of fused-ring (bicyclic) bond motifs is 13. The van der Waals surface area contributed by atoms with Crippen LogP contribution in [0.1, 0.15) is 62.1 Å². The number of hydrogen-bond acceptors (Lipinski definition) is 22. The lowest BCUT2D eigenvalue weighted by Crippen LogP contribution is -2.57. The molecule has 0 bridgehead atoms. The minimum atomic E-state index is -0.476. The normalized spacial score (nSPS) is 22.7. The van der Waals surface area contributed by atoms with Crippen LogP contribution in [0.3, 0.4) is 0 Å². The average molecular weight is 1700 g/mol. The van der Waals surface area contributed by atoms with Gasteiger partial charge < -0.3 is 110 Å². The van der Waals surface area contributed by atoms with Gasteiger partial charge in [-0.1, -0.05) is 47.5 Å². The second kappa shape index (κ2) is 36.1. The second-order valence-electron chi connectivity index (χ2n) is 31.6. The highest BCUT2D eigenvalue weighted by Crippen LogP contribution is 2.39. The summed E-state index contributed by atoms with van der Waals surface area (Å²) < 4.78 is 15.7. The SMILES string of the molecule is CN1CCN2C(=O)c3cc(Cl)ccc3NC(=O)C2C1.CN1CCN2C(=O)c3cc(O)ccc3NC(=O)C2C1.CN1CCN2C(=O)c3cc4ccccc4cc3NC(=O)C2C1.CN1CCN2C(=O)c3ccc(Cl)cc3NC(=O)C2C1.COc1cc2c(cc1OC)C(=O)N1CCN(C)CC1C(=O)N2.COc1ccc2c(c1)C(=O)N1CCN(C)CC1C(=O)N2. The summed E-state index contributed by atoms with van der Waals surface area (Å²) in [4.78, 5) is 172. The number of carbonyl (C=O) groups is 12. The standard InChI is InChI=1S/C17H17N3O2.C15H19N3O4.C14H17N3O3.2C13H14ClN3O2.C13H15N3O3/c1-19-6-7-20-15(10-19)16(21)18-14-9-12-5-3-2-4-11(12)8-13(14)17(20)22;1-17-4-5-18-11(8-17)14(19)16-10-7-13(22-3)12(21-2)6-9(10)15(18)20;1-16-5-6-17-12(8-16)13(18)15-11-4-3-9(20-2)7-10(11)14(17)19;1-16-4-5-17-11(7-16)12(18)15-10-3-2-8(14)6-9(10)13(17)19;1-16-4-5-17-11(7-16)12(18)15-10-6-8(14)2-3-9(10)13(17)19;1-15-4-5-16-11(7-15)12(18)14-10-3-2-8(17)6-9(10)13(16)19/h2-5,8-9,15H,6-7,10H2,1H3,(H,18,21);6-7,11H,4-5,8H2,1-3H3,(H,16,19);3-4,7,12H,5-6,8H2,1-2H3,(H,15,18);2*2-3,6,11H,4-5,7H2,1H3,(H,15,18);2-3,6,11,17H,4-5,7H2,1H3,(H,14,18). The quantitative estimate of drug-likeness (QED) is 0.119. The number of ether oxygens (including phenoxy) is 3. The van der Waals surface area contributed by atoms with Gasteiger partial charge in [0, 0.05) is 134 Å². The smallest absolute Gasteiger partial charge is 0.256 e. The Morgan fingerprint density at radius 2 is 0.579 bits per heavy atom. The molecule has 6 unspecified atom stereocenters. The third-order valence-corrected chi connectivity index (χ3v) is 23.9. The molecule has 6 atom stereocenters. The molecule has 121 heavy (non-hydrogen) atoms. The van der Waals surface area contributed by atoms with Gasteiger partial charge in [0.15, 0.2) is 11.5 Å². The molecule has 34 nitrogen and oxygen atoms in total. The van der Waals surface area contributed by atoms with E-state index < -0.39 is 36.3 Å². The van der Waals surface area contributed by atoms with Crippen LogP contribution in [0, 0.1) is 0 Å². The maximum atomic E-state index is 12.9. The maximum absolute atomic E-state index is 12.9. The van der Waals surface area contributed by atoms with E-state index >= 15 is 0 Å². The van der Waals surface area contributed by atoms with Crippen LogP contribution < -0.4 is 46.1 Å².